The van der Waals surface area contributed by atoms with Gasteiger partial charge in [-0.2, -0.15) is 0 Å². The van der Waals surface area contributed by atoms with Crippen molar-refractivity contribution in [3.63, 3.8) is 0 Å². The number of nitrogens with one attached hydrogen (secondary N) is 1. The molecule has 0 spiro atoms. The highest BCUT2D eigenvalue weighted by Crippen LogP contribution is 2.16. The molecule has 1 rings (SSSR count). The van der Waals surface area contributed by atoms with E-state index in [9.17, 15) is 0 Å². The summed E-state index contributed by atoms with van der Waals surface area (Å²) in [4.78, 5) is 2.27. The molecule has 1 aliphatic heterocycles. The highest BCUT2D eigenvalue weighted by atomic mass is 32.1. The largest absolute Gasteiger partial charge is 0.309 e. The van der Waals surface area contributed by atoms with Crippen LogP contribution in [0.2, 0.25) is 0 Å². The van der Waals surface area contributed by atoms with E-state index in [1.54, 1.807) is 0 Å². The summed E-state index contributed by atoms with van der Waals surface area (Å²) in [6, 6.07) is 1.68. The number of thiol groups is 1. The van der Waals surface area contributed by atoms with Gasteiger partial charge in [0.15, 0.2) is 0 Å². The minimum atomic E-state index is 0.548. The maximum atomic E-state index is 4.39. The lowest BCUT2D eigenvalue weighted by atomic mass is 10.1. The van der Waals surface area contributed by atoms with Crippen molar-refractivity contribution < 1.29 is 0 Å². The lowest BCUT2D eigenvalue weighted by Crippen LogP contribution is -2.48. The van der Waals surface area contributed by atoms with Gasteiger partial charge < -0.3 is 10.2 Å². The van der Waals surface area contributed by atoms with E-state index >= 15 is 0 Å². The van der Waals surface area contributed by atoms with E-state index < -0.39 is 0 Å². The molecule has 0 radical (unpaired) electrons. The summed E-state index contributed by atoms with van der Waals surface area (Å²) in [5.74, 6) is 0. The maximum absolute atomic E-state index is 4.39. The Labute approximate surface area is 87.0 Å². The van der Waals surface area contributed by atoms with Crippen molar-refractivity contribution in [2.24, 2.45) is 0 Å². The molecule has 0 saturated carbocycles. The second-order valence-corrected chi connectivity index (χ2v) is 4.90. The van der Waals surface area contributed by atoms with E-state index in [0.29, 0.717) is 18.1 Å². The molecule has 0 aromatic heterocycles. The van der Waals surface area contributed by atoms with Crippen LogP contribution >= 0.6 is 12.8 Å². The molecule has 4 heteroatoms. The Bertz CT molecular complexity index is 161. The van der Waals surface area contributed by atoms with Gasteiger partial charge >= 0.3 is 0 Å². The first-order valence-corrected chi connectivity index (χ1v) is 5.27. The summed E-state index contributed by atoms with van der Waals surface area (Å²) in [6.07, 6.45) is 0. The maximum Gasteiger partial charge on any atom is 0.0392 e. The summed E-state index contributed by atoms with van der Waals surface area (Å²) in [5, 5.41) is 3.57. The van der Waals surface area contributed by atoms with Gasteiger partial charge in [-0.15, -0.1) is 0 Å². The SMILES string of the molecule is CC(C)NC1CN(S)CC1N(C)C. The zero-order valence-corrected chi connectivity index (χ0v) is 9.88. The smallest absolute Gasteiger partial charge is 0.0392 e. The van der Waals surface area contributed by atoms with Crippen molar-refractivity contribution in [1.82, 2.24) is 14.5 Å². The molecule has 1 saturated heterocycles. The van der Waals surface area contributed by atoms with Crippen LogP contribution in [0.25, 0.3) is 0 Å². The van der Waals surface area contributed by atoms with Gasteiger partial charge in [0.25, 0.3) is 0 Å². The van der Waals surface area contributed by atoms with E-state index in [0.717, 1.165) is 13.1 Å². The second-order valence-electron chi connectivity index (χ2n) is 4.33. The zero-order chi connectivity index (χ0) is 10.0. The van der Waals surface area contributed by atoms with E-state index in [4.69, 9.17) is 0 Å². The lowest BCUT2D eigenvalue weighted by Gasteiger charge is -2.27. The summed E-state index contributed by atoms with van der Waals surface area (Å²) < 4.78 is 2.09. The first-order valence-electron chi connectivity index (χ1n) is 4.87. The van der Waals surface area contributed by atoms with Crippen LogP contribution < -0.4 is 5.32 Å². The molecule has 1 heterocycles. The predicted molar refractivity (Wildman–Crippen MR) is 60.1 cm³/mol. The van der Waals surface area contributed by atoms with Gasteiger partial charge in [-0.05, 0) is 14.1 Å². The number of hydrogen-bond donors (Lipinski definition) is 2. The van der Waals surface area contributed by atoms with Crippen molar-refractivity contribution in [2.45, 2.75) is 32.0 Å². The number of hydrogen-bond acceptors (Lipinski definition) is 4. The van der Waals surface area contributed by atoms with E-state index in [-0.39, 0.29) is 0 Å². The van der Waals surface area contributed by atoms with Gasteiger partial charge in [0.2, 0.25) is 0 Å². The Kier molecular flexibility index (Phi) is 4.04. The second kappa shape index (κ2) is 4.64. The molecule has 0 aliphatic carbocycles. The van der Waals surface area contributed by atoms with Crippen molar-refractivity contribution in [1.29, 1.82) is 0 Å². The average Bonchev–Trinajstić information content (AvgIpc) is 2.29. The molecule has 0 aromatic rings. The van der Waals surface area contributed by atoms with Gasteiger partial charge in [-0.1, -0.05) is 26.7 Å². The van der Waals surface area contributed by atoms with Crippen LogP contribution in [0, 0.1) is 0 Å². The van der Waals surface area contributed by atoms with E-state index in [1.807, 2.05) is 0 Å². The third-order valence-electron chi connectivity index (χ3n) is 2.48. The molecular weight excluding hydrogens is 182 g/mol. The monoisotopic (exact) mass is 203 g/mol. The van der Waals surface area contributed by atoms with E-state index in [1.165, 1.54) is 0 Å². The fourth-order valence-electron chi connectivity index (χ4n) is 1.88. The molecular formula is C9H21N3S. The van der Waals surface area contributed by atoms with Crippen LogP contribution in [0.3, 0.4) is 0 Å². The first-order chi connectivity index (χ1) is 6.00. The van der Waals surface area contributed by atoms with Gasteiger partial charge in [0.1, 0.15) is 0 Å². The quantitative estimate of drug-likeness (QED) is 0.649. The minimum absolute atomic E-state index is 0.548. The average molecular weight is 203 g/mol. The zero-order valence-electron chi connectivity index (χ0n) is 8.99. The van der Waals surface area contributed by atoms with Gasteiger partial charge in [-0.3, -0.25) is 4.31 Å². The van der Waals surface area contributed by atoms with Crippen LogP contribution in [0.1, 0.15) is 13.8 Å². The number of likely N-dealkylation sites (N-methyl/N-ethyl adjacent to an activating group) is 1. The fraction of sp³-hybridized carbons (Fsp3) is 1.00. The normalized spacial score (nSPS) is 30.7. The summed E-state index contributed by atoms with van der Waals surface area (Å²) >= 11 is 4.39. The predicted octanol–water partition coefficient (Wildman–Crippen LogP) is 0.444. The van der Waals surface area contributed by atoms with Crippen molar-refractivity contribution >= 4 is 12.8 Å². The topological polar surface area (TPSA) is 18.5 Å². The van der Waals surface area contributed by atoms with Crippen molar-refractivity contribution in [3.8, 4) is 0 Å². The molecule has 0 aromatic carbocycles. The molecule has 2 atom stereocenters. The summed E-state index contributed by atoms with van der Waals surface area (Å²) in [7, 11) is 4.26. The molecule has 1 N–H and O–H groups in total. The van der Waals surface area contributed by atoms with Gasteiger partial charge in [0.05, 0.1) is 0 Å². The molecule has 0 amide bonds. The highest BCUT2D eigenvalue weighted by molar-refractivity contribution is 7.77. The van der Waals surface area contributed by atoms with E-state index in [2.05, 4.69) is 55.3 Å². The molecule has 3 nitrogen and oxygen atoms in total. The molecule has 78 valence electrons. The Morgan fingerprint density at radius 3 is 2.46 bits per heavy atom. The Morgan fingerprint density at radius 1 is 1.38 bits per heavy atom. The standard InChI is InChI=1S/C9H21N3S/c1-7(2)10-8-5-12(13)6-9(8)11(3)4/h7-10,13H,5-6H2,1-4H3. The van der Waals surface area contributed by atoms with Crippen LogP contribution in [0.4, 0.5) is 0 Å². The van der Waals surface area contributed by atoms with Crippen LogP contribution in [0.5, 0.6) is 0 Å². The molecule has 2 unspecified atom stereocenters. The molecule has 1 aliphatic rings. The third kappa shape index (κ3) is 3.13. The van der Waals surface area contributed by atoms with Crippen LogP contribution in [-0.2, 0) is 0 Å². The highest BCUT2D eigenvalue weighted by Gasteiger charge is 2.32. The first kappa shape index (κ1) is 11.3. The number of nitrogens with zero attached hydrogens (tertiary/aromatic N) is 2. The fourth-order valence-corrected chi connectivity index (χ4v) is 2.22. The molecule has 13 heavy (non-hydrogen) atoms. The van der Waals surface area contributed by atoms with Crippen LogP contribution in [-0.4, -0.2) is 54.5 Å². The molecule has 0 bridgehead atoms. The summed E-state index contributed by atoms with van der Waals surface area (Å²) in [5.41, 5.74) is 0. The Morgan fingerprint density at radius 2 is 2.00 bits per heavy atom. The molecule has 1 fully saturated rings. The minimum Gasteiger partial charge on any atom is -0.309 e. The third-order valence-corrected chi connectivity index (χ3v) is 2.81. The Hall–Kier alpha value is 0.230. The lowest BCUT2D eigenvalue weighted by molar-refractivity contribution is 0.259. The summed E-state index contributed by atoms with van der Waals surface area (Å²) in [6.45, 7) is 6.45. The van der Waals surface area contributed by atoms with Crippen LogP contribution in [0.15, 0.2) is 0 Å². The Balaban J connectivity index is 2.50. The van der Waals surface area contributed by atoms with Crippen molar-refractivity contribution in [3.05, 3.63) is 0 Å². The number of rotatable bonds is 3. The van der Waals surface area contributed by atoms with Crippen molar-refractivity contribution in [2.75, 3.05) is 27.2 Å². The van der Waals surface area contributed by atoms with Gasteiger partial charge in [-0.25, -0.2) is 0 Å². The van der Waals surface area contributed by atoms with Gasteiger partial charge in [0, 0.05) is 31.2 Å².